The van der Waals surface area contributed by atoms with Crippen molar-refractivity contribution in [1.82, 2.24) is 4.98 Å². The second kappa shape index (κ2) is 4.59. The van der Waals surface area contributed by atoms with Gasteiger partial charge in [-0.05, 0) is 13.0 Å². The maximum Gasteiger partial charge on any atom is 0.574 e. The number of pyridine rings is 1. The number of alkyl halides is 6. The third kappa shape index (κ3) is 3.73. The molecule has 4 nitrogen and oxygen atoms in total. The van der Waals surface area contributed by atoms with E-state index in [1.54, 1.807) is 0 Å². The van der Waals surface area contributed by atoms with E-state index < -0.39 is 41.2 Å². The molecule has 0 amide bonds. The van der Waals surface area contributed by atoms with E-state index in [2.05, 4.69) is 9.72 Å². The topological polar surface area (TPSA) is 59.4 Å². The largest absolute Gasteiger partial charge is 0.574 e. The highest BCUT2D eigenvalue weighted by Gasteiger charge is 2.39. The van der Waals surface area contributed by atoms with Gasteiger partial charge in [0.1, 0.15) is 0 Å². The van der Waals surface area contributed by atoms with Gasteiger partial charge in [0.05, 0.1) is 5.56 Å². The van der Waals surface area contributed by atoms with Crippen LogP contribution in [-0.2, 0) is 6.18 Å². The number of aryl methyl sites for hydroxylation is 1. The highest BCUT2D eigenvalue weighted by atomic mass is 19.4. The fourth-order valence-electron chi connectivity index (χ4n) is 1.19. The zero-order chi connectivity index (χ0) is 15.0. The number of halogens is 6. The van der Waals surface area contributed by atoms with E-state index in [4.69, 9.17) is 5.11 Å². The molecule has 0 unspecified atom stereocenters. The van der Waals surface area contributed by atoms with Gasteiger partial charge in [0, 0.05) is 5.56 Å². The van der Waals surface area contributed by atoms with Crippen LogP contribution in [0.15, 0.2) is 6.07 Å². The maximum atomic E-state index is 12.5. The average Bonchev–Trinajstić information content (AvgIpc) is 2.16. The summed E-state index contributed by atoms with van der Waals surface area (Å²) in [6.07, 6.45) is -10.2. The van der Waals surface area contributed by atoms with Gasteiger partial charge < -0.3 is 9.84 Å². The summed E-state index contributed by atoms with van der Waals surface area (Å²) >= 11 is 0. The minimum Gasteiger partial charge on any atom is -0.476 e. The molecule has 1 N–H and O–H groups in total. The number of rotatable bonds is 2. The van der Waals surface area contributed by atoms with Crippen LogP contribution in [0.2, 0.25) is 0 Å². The van der Waals surface area contributed by atoms with Gasteiger partial charge in [-0.2, -0.15) is 13.2 Å². The van der Waals surface area contributed by atoms with Crippen LogP contribution in [0.3, 0.4) is 0 Å². The number of carboxylic acids is 1. The molecule has 0 aliphatic rings. The van der Waals surface area contributed by atoms with Crippen molar-refractivity contribution in [3.63, 3.8) is 0 Å². The van der Waals surface area contributed by atoms with Gasteiger partial charge in [0.25, 0.3) is 0 Å². The Labute approximate surface area is 101 Å². The summed E-state index contributed by atoms with van der Waals surface area (Å²) in [5.41, 5.74) is -3.79. The van der Waals surface area contributed by atoms with Gasteiger partial charge in [0.2, 0.25) is 5.88 Å². The predicted octanol–water partition coefficient (Wildman–Crippen LogP) is 3.01. The lowest BCUT2D eigenvalue weighted by atomic mass is 10.1. The van der Waals surface area contributed by atoms with Crippen molar-refractivity contribution >= 4 is 5.97 Å². The van der Waals surface area contributed by atoms with Crippen molar-refractivity contribution in [2.75, 3.05) is 0 Å². The second-order valence-corrected chi connectivity index (χ2v) is 3.36. The number of carboxylic acid groups (broad SMARTS) is 1. The summed E-state index contributed by atoms with van der Waals surface area (Å²) in [5, 5.41) is 8.54. The van der Waals surface area contributed by atoms with Crippen LogP contribution < -0.4 is 4.74 Å². The van der Waals surface area contributed by atoms with E-state index >= 15 is 0 Å². The van der Waals surface area contributed by atoms with Crippen molar-refractivity contribution < 1.29 is 41.0 Å². The van der Waals surface area contributed by atoms with Gasteiger partial charge in [-0.15, -0.1) is 13.2 Å². The SMILES string of the molecule is Cc1cc(C(F)(F)F)c(C(=O)O)nc1OC(F)(F)F. The first-order chi connectivity index (χ1) is 8.42. The van der Waals surface area contributed by atoms with E-state index in [1.807, 2.05) is 0 Å². The maximum absolute atomic E-state index is 12.5. The van der Waals surface area contributed by atoms with Crippen LogP contribution >= 0.6 is 0 Å². The van der Waals surface area contributed by atoms with Crippen molar-refractivity contribution in [3.8, 4) is 5.88 Å². The molecule has 0 bridgehead atoms. The summed E-state index contributed by atoms with van der Waals surface area (Å²) in [6.45, 7) is 0.884. The third-order valence-corrected chi connectivity index (χ3v) is 1.89. The first-order valence-electron chi connectivity index (χ1n) is 4.49. The molecule has 10 heteroatoms. The molecule has 0 aliphatic carbocycles. The Hall–Kier alpha value is -2.00. The van der Waals surface area contributed by atoms with Crippen LogP contribution in [0.25, 0.3) is 0 Å². The Balaban J connectivity index is 3.42. The average molecular weight is 289 g/mol. The molecular formula is C9H5F6NO3. The van der Waals surface area contributed by atoms with Gasteiger partial charge in [0.15, 0.2) is 5.69 Å². The summed E-state index contributed by atoms with van der Waals surface area (Å²) in [5.74, 6) is -3.35. The molecule has 0 spiro atoms. The van der Waals surface area contributed by atoms with Crippen molar-refractivity contribution in [3.05, 3.63) is 22.9 Å². The quantitative estimate of drug-likeness (QED) is 0.850. The summed E-state index contributed by atoms with van der Waals surface area (Å²) in [6, 6.07) is 0.234. The van der Waals surface area contributed by atoms with Crippen molar-refractivity contribution in [1.29, 1.82) is 0 Å². The Morgan fingerprint density at radius 3 is 2.16 bits per heavy atom. The van der Waals surface area contributed by atoms with E-state index in [0.29, 0.717) is 0 Å². The van der Waals surface area contributed by atoms with Crippen LogP contribution in [0.1, 0.15) is 21.6 Å². The van der Waals surface area contributed by atoms with E-state index in [9.17, 15) is 31.1 Å². The number of ether oxygens (including phenoxy) is 1. The summed E-state index contributed by atoms with van der Waals surface area (Å²) in [4.78, 5) is 13.4. The molecule has 0 saturated carbocycles. The molecule has 1 aromatic rings. The summed E-state index contributed by atoms with van der Waals surface area (Å²) < 4.78 is 76.7. The zero-order valence-corrected chi connectivity index (χ0v) is 9.06. The summed E-state index contributed by atoms with van der Waals surface area (Å²) in [7, 11) is 0. The standard InChI is InChI=1S/C9H5F6NO3/c1-3-2-4(8(10,11)12)5(7(17)18)16-6(3)19-9(13,14)15/h2H,1H3,(H,17,18). The lowest BCUT2D eigenvalue weighted by molar-refractivity contribution is -0.276. The fourth-order valence-corrected chi connectivity index (χ4v) is 1.19. The molecule has 19 heavy (non-hydrogen) atoms. The molecule has 0 aliphatic heterocycles. The molecule has 0 saturated heterocycles. The van der Waals surface area contributed by atoms with E-state index in [1.165, 1.54) is 0 Å². The Bertz CT molecular complexity index is 508. The first-order valence-corrected chi connectivity index (χ1v) is 4.49. The minimum absolute atomic E-state index is 0.234. The van der Waals surface area contributed by atoms with Crippen LogP contribution in [0.4, 0.5) is 26.3 Å². The van der Waals surface area contributed by atoms with Crippen molar-refractivity contribution in [2.45, 2.75) is 19.5 Å². The van der Waals surface area contributed by atoms with Gasteiger partial charge >= 0.3 is 18.5 Å². The smallest absolute Gasteiger partial charge is 0.476 e. The highest BCUT2D eigenvalue weighted by molar-refractivity contribution is 5.87. The second-order valence-electron chi connectivity index (χ2n) is 3.36. The third-order valence-electron chi connectivity index (χ3n) is 1.89. The molecular weight excluding hydrogens is 284 g/mol. The van der Waals surface area contributed by atoms with E-state index in [-0.39, 0.29) is 6.07 Å². The molecule has 1 heterocycles. The zero-order valence-electron chi connectivity index (χ0n) is 9.06. The van der Waals surface area contributed by atoms with Gasteiger partial charge in [-0.25, -0.2) is 9.78 Å². The minimum atomic E-state index is -5.19. The number of hydrogen-bond donors (Lipinski definition) is 1. The first kappa shape index (κ1) is 15.1. The predicted molar refractivity (Wildman–Crippen MR) is 47.6 cm³/mol. The lowest BCUT2D eigenvalue weighted by Crippen LogP contribution is -2.21. The Morgan fingerprint density at radius 1 is 1.26 bits per heavy atom. The normalized spacial score (nSPS) is 12.4. The molecule has 0 fully saturated rings. The highest BCUT2D eigenvalue weighted by Crippen LogP contribution is 2.35. The molecule has 0 atom stereocenters. The number of carbonyl (C=O) groups is 1. The lowest BCUT2D eigenvalue weighted by Gasteiger charge is -2.14. The molecule has 0 aromatic carbocycles. The van der Waals surface area contributed by atoms with Gasteiger partial charge in [-0.1, -0.05) is 0 Å². The number of hydrogen-bond acceptors (Lipinski definition) is 3. The molecule has 1 aromatic heterocycles. The van der Waals surface area contributed by atoms with Crippen LogP contribution in [0.5, 0.6) is 5.88 Å². The van der Waals surface area contributed by atoms with Crippen molar-refractivity contribution in [2.24, 2.45) is 0 Å². The molecule has 1 rings (SSSR count). The number of nitrogens with zero attached hydrogens (tertiary/aromatic N) is 1. The van der Waals surface area contributed by atoms with Crippen LogP contribution in [0, 0.1) is 6.92 Å². The van der Waals surface area contributed by atoms with E-state index in [0.717, 1.165) is 6.92 Å². The Kier molecular flexibility index (Phi) is 3.64. The monoisotopic (exact) mass is 289 g/mol. The van der Waals surface area contributed by atoms with Gasteiger partial charge in [-0.3, -0.25) is 0 Å². The Morgan fingerprint density at radius 2 is 1.79 bits per heavy atom. The molecule has 0 radical (unpaired) electrons. The molecule has 106 valence electrons. The van der Waals surface area contributed by atoms with Crippen LogP contribution in [-0.4, -0.2) is 22.4 Å². The number of aromatic carboxylic acids is 1. The number of aromatic nitrogens is 1. The fraction of sp³-hybridized carbons (Fsp3) is 0.333.